The predicted molar refractivity (Wildman–Crippen MR) is 150 cm³/mol. The van der Waals surface area contributed by atoms with E-state index in [-0.39, 0.29) is 5.41 Å². The molecule has 0 heteroatoms. The maximum Gasteiger partial charge on any atom is -0.00631 e. The predicted octanol–water partition coefficient (Wildman–Crippen LogP) is 10.0. The Bertz CT molecular complexity index is 982. The van der Waals surface area contributed by atoms with E-state index in [9.17, 15) is 0 Å². The molecule has 2 atom stereocenters. The lowest BCUT2D eigenvalue weighted by Crippen LogP contribution is -2.21. The summed E-state index contributed by atoms with van der Waals surface area (Å²) in [6.07, 6.45) is 9.89. The van der Waals surface area contributed by atoms with Crippen LogP contribution < -0.4 is 0 Å². The molecule has 0 spiro atoms. The van der Waals surface area contributed by atoms with E-state index in [1.807, 2.05) is 0 Å². The Morgan fingerprint density at radius 1 is 0.676 bits per heavy atom. The van der Waals surface area contributed by atoms with E-state index in [2.05, 4.69) is 113 Å². The second-order valence-electron chi connectivity index (χ2n) is 11.0. The number of rotatable bonds is 13. The fraction of sp³-hybridized carbons (Fsp3) is 0.471. The fourth-order valence-electron chi connectivity index (χ4n) is 5.38. The zero-order valence-electron chi connectivity index (χ0n) is 22.3. The van der Waals surface area contributed by atoms with E-state index >= 15 is 0 Å². The molecule has 0 aliphatic heterocycles. The smallest absolute Gasteiger partial charge is 0.00631 e. The summed E-state index contributed by atoms with van der Waals surface area (Å²) in [6, 6.07) is 29.9. The summed E-state index contributed by atoms with van der Waals surface area (Å²) in [4.78, 5) is 0. The quantitative estimate of drug-likeness (QED) is 0.225. The van der Waals surface area contributed by atoms with Crippen LogP contribution in [0, 0.1) is 0 Å². The molecule has 2 unspecified atom stereocenters. The lowest BCUT2D eigenvalue weighted by Gasteiger charge is -2.27. The summed E-state index contributed by atoms with van der Waals surface area (Å²) in [5, 5.41) is 0. The lowest BCUT2D eigenvalue weighted by molar-refractivity contribution is 0.519. The van der Waals surface area contributed by atoms with Crippen molar-refractivity contribution in [1.82, 2.24) is 0 Å². The van der Waals surface area contributed by atoms with Crippen molar-refractivity contribution in [3.63, 3.8) is 0 Å². The van der Waals surface area contributed by atoms with E-state index < -0.39 is 0 Å². The van der Waals surface area contributed by atoms with Gasteiger partial charge in [-0.25, -0.2) is 0 Å². The summed E-state index contributed by atoms with van der Waals surface area (Å²) >= 11 is 0. The van der Waals surface area contributed by atoms with Crippen molar-refractivity contribution < 1.29 is 0 Å². The molecule has 3 aromatic carbocycles. The van der Waals surface area contributed by atoms with Crippen LogP contribution in [0.3, 0.4) is 0 Å². The Morgan fingerprint density at radius 2 is 1.38 bits per heavy atom. The van der Waals surface area contributed by atoms with Gasteiger partial charge in [-0.05, 0) is 70.8 Å². The molecule has 0 aliphatic carbocycles. The van der Waals surface area contributed by atoms with E-state index in [0.717, 1.165) is 12.8 Å². The van der Waals surface area contributed by atoms with E-state index in [0.29, 0.717) is 11.8 Å². The molecule has 0 fully saturated rings. The molecule has 0 saturated carbocycles. The number of benzene rings is 3. The largest absolute Gasteiger partial charge is 0.0654 e. The number of hydrogen-bond donors (Lipinski definition) is 0. The van der Waals surface area contributed by atoms with Crippen LogP contribution >= 0.6 is 0 Å². The van der Waals surface area contributed by atoms with Crippen LogP contribution in [-0.2, 0) is 18.3 Å². The topological polar surface area (TPSA) is 0 Å². The number of unbranched alkanes of at least 4 members (excludes halogenated alkanes) is 2. The highest BCUT2D eigenvalue weighted by atomic mass is 14.3. The Morgan fingerprint density at radius 3 is 2.12 bits per heavy atom. The molecular weight excluding hydrogens is 408 g/mol. The molecule has 0 heterocycles. The van der Waals surface area contributed by atoms with Crippen molar-refractivity contribution in [3.8, 4) is 0 Å². The van der Waals surface area contributed by atoms with E-state index in [4.69, 9.17) is 0 Å². The second-order valence-corrected chi connectivity index (χ2v) is 11.0. The molecule has 0 aliphatic rings. The van der Waals surface area contributed by atoms with Crippen molar-refractivity contribution in [2.45, 2.75) is 103 Å². The Kier molecular flexibility index (Phi) is 10.00. The Labute approximate surface area is 209 Å². The standard InChI is InChI=1S/C34H46/c1-6-8-10-20-32(30-18-11-9-12-19-30)23-28-16-14-22-33(25-28)34(4,5)26-29-17-13-21-31(24-29)27(3)15-7-2/h9,11-14,16-19,21-22,24-25,27,32H,6-8,10,15,20,23,26H2,1-5H3. The van der Waals surface area contributed by atoms with Gasteiger partial charge >= 0.3 is 0 Å². The molecule has 0 saturated heterocycles. The van der Waals surface area contributed by atoms with E-state index in [1.54, 1.807) is 0 Å². The highest BCUT2D eigenvalue weighted by Crippen LogP contribution is 2.32. The minimum atomic E-state index is 0.104. The molecule has 0 N–H and O–H groups in total. The average molecular weight is 455 g/mol. The van der Waals surface area contributed by atoms with Gasteiger partial charge in [0.2, 0.25) is 0 Å². The molecule has 3 aromatic rings. The van der Waals surface area contributed by atoms with Crippen LogP contribution in [0.25, 0.3) is 0 Å². The van der Waals surface area contributed by atoms with Gasteiger partial charge in [-0.1, -0.05) is 139 Å². The van der Waals surface area contributed by atoms with Gasteiger partial charge in [-0.3, -0.25) is 0 Å². The van der Waals surface area contributed by atoms with Crippen molar-refractivity contribution in [3.05, 3.63) is 107 Å². The third-order valence-electron chi connectivity index (χ3n) is 7.51. The first-order chi connectivity index (χ1) is 16.4. The van der Waals surface area contributed by atoms with Gasteiger partial charge < -0.3 is 0 Å². The zero-order valence-corrected chi connectivity index (χ0v) is 22.3. The molecule has 182 valence electrons. The van der Waals surface area contributed by atoms with Crippen molar-refractivity contribution >= 4 is 0 Å². The molecule has 34 heavy (non-hydrogen) atoms. The first-order valence-electron chi connectivity index (χ1n) is 13.7. The van der Waals surface area contributed by atoms with Gasteiger partial charge in [0.1, 0.15) is 0 Å². The third-order valence-corrected chi connectivity index (χ3v) is 7.51. The molecular formula is C34H46. The lowest BCUT2D eigenvalue weighted by atomic mass is 9.77. The van der Waals surface area contributed by atoms with Crippen LogP contribution in [0.5, 0.6) is 0 Å². The normalized spacial score (nSPS) is 13.6. The SMILES string of the molecule is CCCCCC(Cc1cccc(C(C)(C)Cc2cccc(C(C)CCC)c2)c1)c1ccccc1. The first-order valence-corrected chi connectivity index (χ1v) is 13.7. The first kappa shape index (κ1) is 26.3. The third kappa shape index (κ3) is 7.59. The molecule has 0 nitrogen and oxygen atoms in total. The second kappa shape index (κ2) is 12.9. The van der Waals surface area contributed by atoms with Gasteiger partial charge in [0.05, 0.1) is 0 Å². The summed E-state index contributed by atoms with van der Waals surface area (Å²) in [5.74, 6) is 1.24. The van der Waals surface area contributed by atoms with Crippen LogP contribution in [0.4, 0.5) is 0 Å². The monoisotopic (exact) mass is 454 g/mol. The molecule has 0 radical (unpaired) electrons. The minimum absolute atomic E-state index is 0.104. The average Bonchev–Trinajstić information content (AvgIpc) is 2.84. The summed E-state index contributed by atoms with van der Waals surface area (Å²) < 4.78 is 0. The van der Waals surface area contributed by atoms with Gasteiger partial charge in [-0.15, -0.1) is 0 Å². The summed E-state index contributed by atoms with van der Waals surface area (Å²) in [6.45, 7) is 11.8. The van der Waals surface area contributed by atoms with Gasteiger partial charge in [0, 0.05) is 0 Å². The molecule has 0 amide bonds. The van der Waals surface area contributed by atoms with Crippen LogP contribution in [0.1, 0.15) is 113 Å². The maximum atomic E-state index is 2.49. The van der Waals surface area contributed by atoms with Crippen molar-refractivity contribution in [2.75, 3.05) is 0 Å². The van der Waals surface area contributed by atoms with Gasteiger partial charge in [0.25, 0.3) is 0 Å². The van der Waals surface area contributed by atoms with E-state index in [1.165, 1.54) is 66.3 Å². The maximum absolute atomic E-state index is 2.49. The van der Waals surface area contributed by atoms with Gasteiger partial charge in [-0.2, -0.15) is 0 Å². The fourth-order valence-corrected chi connectivity index (χ4v) is 5.38. The van der Waals surface area contributed by atoms with Crippen molar-refractivity contribution in [2.24, 2.45) is 0 Å². The van der Waals surface area contributed by atoms with Crippen LogP contribution in [0.15, 0.2) is 78.9 Å². The Hall–Kier alpha value is -2.34. The van der Waals surface area contributed by atoms with Crippen LogP contribution in [-0.4, -0.2) is 0 Å². The Balaban J connectivity index is 1.77. The zero-order chi connectivity index (χ0) is 24.4. The molecule has 3 rings (SSSR count). The summed E-state index contributed by atoms with van der Waals surface area (Å²) in [7, 11) is 0. The molecule has 0 bridgehead atoms. The minimum Gasteiger partial charge on any atom is -0.0654 e. The van der Waals surface area contributed by atoms with Crippen LogP contribution in [0.2, 0.25) is 0 Å². The summed E-state index contributed by atoms with van der Waals surface area (Å²) in [5.41, 5.74) is 7.46. The van der Waals surface area contributed by atoms with Crippen molar-refractivity contribution in [1.29, 1.82) is 0 Å². The highest BCUT2D eigenvalue weighted by Gasteiger charge is 2.22. The highest BCUT2D eigenvalue weighted by molar-refractivity contribution is 5.35. The number of hydrogen-bond acceptors (Lipinski definition) is 0. The molecule has 0 aromatic heterocycles. The van der Waals surface area contributed by atoms with Gasteiger partial charge in [0.15, 0.2) is 0 Å².